The van der Waals surface area contributed by atoms with Crippen molar-refractivity contribution in [2.24, 2.45) is 0 Å². The van der Waals surface area contributed by atoms with Gasteiger partial charge in [-0.1, -0.05) is 54.6 Å². The van der Waals surface area contributed by atoms with E-state index in [1.54, 1.807) is 4.90 Å². The molecule has 5 heteroatoms. The first-order chi connectivity index (χ1) is 12.2. The highest BCUT2D eigenvalue weighted by Crippen LogP contribution is 2.29. The van der Waals surface area contributed by atoms with Crippen LogP contribution in [0.3, 0.4) is 0 Å². The molecule has 2 aromatic carbocycles. The second kappa shape index (κ2) is 8.17. The van der Waals surface area contributed by atoms with Crippen LogP contribution in [0.25, 0.3) is 0 Å². The van der Waals surface area contributed by atoms with E-state index in [0.29, 0.717) is 19.5 Å². The Morgan fingerprint density at radius 1 is 1.08 bits per heavy atom. The molecule has 1 aliphatic heterocycles. The summed E-state index contributed by atoms with van der Waals surface area (Å²) in [6.45, 7) is 1.02. The summed E-state index contributed by atoms with van der Waals surface area (Å²) in [4.78, 5) is 26.3. The fourth-order valence-electron chi connectivity index (χ4n) is 3.30. The van der Waals surface area contributed by atoms with Crippen LogP contribution in [0, 0.1) is 0 Å². The number of benzene rings is 2. The second-order valence-corrected chi connectivity index (χ2v) is 6.42. The smallest absolute Gasteiger partial charge is 0.238 e. The average molecular weight is 357 g/mol. The third-order valence-electron chi connectivity index (χ3n) is 4.55. The predicted octanol–water partition coefficient (Wildman–Crippen LogP) is 2.71. The number of carbonyl (C=O) groups excluding carboxylic acids is 2. The van der Waals surface area contributed by atoms with Crippen LogP contribution in [0.4, 0.5) is 0 Å². The van der Waals surface area contributed by atoms with Crippen molar-refractivity contribution in [1.29, 1.82) is 0 Å². The van der Waals surface area contributed by atoms with Crippen LogP contribution in [0.15, 0.2) is 54.6 Å². The average Bonchev–Trinajstić information content (AvgIpc) is 2.66. The molecular formula is C20H21ClN2O2. The Morgan fingerprint density at radius 3 is 2.56 bits per heavy atom. The normalized spacial score (nSPS) is 16.2. The van der Waals surface area contributed by atoms with Gasteiger partial charge in [-0.25, -0.2) is 0 Å². The summed E-state index contributed by atoms with van der Waals surface area (Å²) in [7, 11) is 0. The largest absolute Gasteiger partial charge is 0.353 e. The standard InChI is InChI=1S/C20H21ClN2O2/c21-13-20(25)23-11-10-16-8-4-5-9-17(16)18(23)14-22-19(24)12-15-6-2-1-3-7-15/h1-9,18H,10-14H2,(H,22,24). The summed E-state index contributed by atoms with van der Waals surface area (Å²) < 4.78 is 0. The second-order valence-electron chi connectivity index (χ2n) is 6.15. The third-order valence-corrected chi connectivity index (χ3v) is 4.78. The van der Waals surface area contributed by atoms with Gasteiger partial charge < -0.3 is 10.2 Å². The fraction of sp³-hybridized carbons (Fsp3) is 0.300. The number of rotatable bonds is 5. The van der Waals surface area contributed by atoms with Gasteiger partial charge in [-0.15, -0.1) is 11.6 Å². The van der Waals surface area contributed by atoms with Crippen LogP contribution in [0.5, 0.6) is 0 Å². The van der Waals surface area contributed by atoms with Gasteiger partial charge in [0.25, 0.3) is 0 Å². The molecule has 0 spiro atoms. The molecule has 25 heavy (non-hydrogen) atoms. The summed E-state index contributed by atoms with van der Waals surface area (Å²) in [5, 5.41) is 2.97. The molecule has 2 amide bonds. The molecular weight excluding hydrogens is 336 g/mol. The van der Waals surface area contributed by atoms with Crippen molar-refractivity contribution < 1.29 is 9.59 Å². The van der Waals surface area contributed by atoms with E-state index in [9.17, 15) is 9.59 Å². The Bertz CT molecular complexity index is 748. The van der Waals surface area contributed by atoms with Gasteiger partial charge in [-0.3, -0.25) is 9.59 Å². The minimum atomic E-state index is -0.170. The van der Waals surface area contributed by atoms with E-state index in [-0.39, 0.29) is 23.7 Å². The molecule has 1 atom stereocenters. The fourth-order valence-corrected chi connectivity index (χ4v) is 3.45. The van der Waals surface area contributed by atoms with Crippen molar-refractivity contribution in [3.8, 4) is 0 Å². The van der Waals surface area contributed by atoms with Gasteiger partial charge in [0.15, 0.2) is 0 Å². The minimum Gasteiger partial charge on any atom is -0.353 e. The lowest BCUT2D eigenvalue weighted by molar-refractivity contribution is -0.132. The van der Waals surface area contributed by atoms with Crippen LogP contribution in [-0.2, 0) is 22.4 Å². The van der Waals surface area contributed by atoms with Gasteiger partial charge in [-0.2, -0.15) is 0 Å². The number of nitrogens with zero attached hydrogens (tertiary/aromatic N) is 1. The van der Waals surface area contributed by atoms with E-state index in [2.05, 4.69) is 11.4 Å². The molecule has 1 N–H and O–H groups in total. The number of amides is 2. The SMILES string of the molecule is O=C(Cc1ccccc1)NCC1c2ccccc2CCN1C(=O)CCl. The first-order valence-corrected chi connectivity index (χ1v) is 8.96. The lowest BCUT2D eigenvalue weighted by Gasteiger charge is -2.37. The Balaban J connectivity index is 1.71. The number of hydrogen-bond acceptors (Lipinski definition) is 2. The van der Waals surface area contributed by atoms with Crippen molar-refractivity contribution in [2.45, 2.75) is 18.9 Å². The quantitative estimate of drug-likeness (QED) is 0.837. The number of fused-ring (bicyclic) bond motifs is 1. The number of hydrogen-bond donors (Lipinski definition) is 1. The molecule has 0 bridgehead atoms. The topological polar surface area (TPSA) is 49.4 Å². The highest BCUT2D eigenvalue weighted by Gasteiger charge is 2.30. The third kappa shape index (κ3) is 4.20. The molecule has 1 unspecified atom stereocenters. The van der Waals surface area contributed by atoms with Crippen LogP contribution >= 0.6 is 11.6 Å². The lowest BCUT2D eigenvalue weighted by atomic mass is 9.92. The summed E-state index contributed by atoms with van der Waals surface area (Å²) in [5.74, 6) is -0.192. The van der Waals surface area contributed by atoms with Crippen molar-refractivity contribution in [3.05, 3.63) is 71.3 Å². The molecule has 2 aromatic rings. The summed E-state index contributed by atoms with van der Waals surface area (Å²) in [5.41, 5.74) is 3.29. The zero-order valence-corrected chi connectivity index (χ0v) is 14.7. The van der Waals surface area contributed by atoms with Crippen molar-refractivity contribution in [2.75, 3.05) is 19.0 Å². The Morgan fingerprint density at radius 2 is 1.80 bits per heavy atom. The van der Waals surface area contributed by atoms with E-state index in [4.69, 9.17) is 11.6 Å². The Hall–Kier alpha value is -2.33. The maximum absolute atomic E-state index is 12.3. The molecule has 4 nitrogen and oxygen atoms in total. The molecule has 1 aliphatic rings. The van der Waals surface area contributed by atoms with Gasteiger partial charge in [0.05, 0.1) is 12.5 Å². The van der Waals surface area contributed by atoms with E-state index < -0.39 is 0 Å². The highest BCUT2D eigenvalue weighted by atomic mass is 35.5. The van der Waals surface area contributed by atoms with Gasteiger partial charge in [-0.05, 0) is 23.1 Å². The van der Waals surface area contributed by atoms with E-state index in [1.165, 1.54) is 5.56 Å². The molecule has 0 saturated heterocycles. The van der Waals surface area contributed by atoms with Crippen LogP contribution < -0.4 is 5.32 Å². The molecule has 0 aliphatic carbocycles. The Labute approximate surface area is 152 Å². The molecule has 0 aromatic heterocycles. The van der Waals surface area contributed by atoms with Crippen molar-refractivity contribution in [1.82, 2.24) is 10.2 Å². The number of carbonyl (C=O) groups is 2. The van der Waals surface area contributed by atoms with E-state index >= 15 is 0 Å². The molecule has 0 radical (unpaired) electrons. The molecule has 0 fully saturated rings. The number of nitrogens with one attached hydrogen (secondary N) is 1. The Kier molecular flexibility index (Phi) is 5.71. The number of alkyl halides is 1. The summed E-state index contributed by atoms with van der Waals surface area (Å²) >= 11 is 5.77. The van der Waals surface area contributed by atoms with Crippen molar-refractivity contribution >= 4 is 23.4 Å². The predicted molar refractivity (Wildman–Crippen MR) is 98.5 cm³/mol. The maximum atomic E-state index is 12.3. The monoisotopic (exact) mass is 356 g/mol. The molecule has 3 rings (SSSR count). The van der Waals surface area contributed by atoms with Crippen LogP contribution in [-0.4, -0.2) is 35.7 Å². The summed E-state index contributed by atoms with van der Waals surface area (Å²) in [6.07, 6.45) is 1.14. The van der Waals surface area contributed by atoms with Crippen molar-refractivity contribution in [3.63, 3.8) is 0 Å². The molecule has 1 heterocycles. The van der Waals surface area contributed by atoms with Gasteiger partial charge >= 0.3 is 0 Å². The highest BCUT2D eigenvalue weighted by molar-refractivity contribution is 6.27. The number of halogens is 1. The van der Waals surface area contributed by atoms with Gasteiger partial charge in [0.1, 0.15) is 5.88 Å². The zero-order valence-electron chi connectivity index (χ0n) is 14.0. The first kappa shape index (κ1) is 17.5. The minimum absolute atomic E-state index is 0.0450. The first-order valence-electron chi connectivity index (χ1n) is 8.43. The van der Waals surface area contributed by atoms with E-state index in [0.717, 1.165) is 17.5 Å². The van der Waals surface area contributed by atoms with Crippen LogP contribution in [0.2, 0.25) is 0 Å². The van der Waals surface area contributed by atoms with Crippen LogP contribution in [0.1, 0.15) is 22.7 Å². The zero-order chi connectivity index (χ0) is 17.6. The van der Waals surface area contributed by atoms with Gasteiger partial charge in [0.2, 0.25) is 11.8 Å². The molecule has 130 valence electrons. The molecule has 0 saturated carbocycles. The van der Waals surface area contributed by atoms with Gasteiger partial charge in [0, 0.05) is 13.1 Å². The van der Waals surface area contributed by atoms with E-state index in [1.807, 2.05) is 48.5 Å². The maximum Gasteiger partial charge on any atom is 0.238 e. The lowest BCUT2D eigenvalue weighted by Crippen LogP contribution is -2.45. The summed E-state index contributed by atoms with van der Waals surface area (Å²) in [6, 6.07) is 17.5.